The van der Waals surface area contributed by atoms with Crippen LogP contribution >= 0.6 is 9.47 Å². The highest BCUT2D eigenvalue weighted by molar-refractivity contribution is 7.10. The summed E-state index contributed by atoms with van der Waals surface area (Å²) in [5.41, 5.74) is 1.33. The number of nitrogens with zero attached hydrogens (tertiary/aromatic N) is 4. The molecule has 2 aromatic heterocycles. The normalized spacial score (nSPS) is 10.3. The number of hydrogen-bond donors (Lipinski definition) is 0. The lowest BCUT2D eigenvalue weighted by Gasteiger charge is -1.93. The first-order chi connectivity index (χ1) is 5.42. The fourth-order valence-electron chi connectivity index (χ4n) is 0.816. The van der Waals surface area contributed by atoms with Gasteiger partial charge in [-0.3, -0.25) is 0 Å². The lowest BCUT2D eigenvalue weighted by molar-refractivity contribution is 0.276. The Morgan fingerprint density at radius 2 is 2.45 bits per heavy atom. The molecule has 0 aromatic carbocycles. The van der Waals surface area contributed by atoms with E-state index in [0.717, 1.165) is 5.52 Å². The van der Waals surface area contributed by atoms with Crippen LogP contribution in [0.1, 0.15) is 0 Å². The standard InChI is InChI=1S/C5H5N4OP/c11-10-9-5-4(7-8-9)2-1-3-6-5/h1-3H,11H2. The van der Waals surface area contributed by atoms with E-state index in [1.807, 2.05) is 6.07 Å². The van der Waals surface area contributed by atoms with Crippen LogP contribution in [0.4, 0.5) is 0 Å². The molecule has 0 amide bonds. The molecule has 0 saturated carbocycles. The van der Waals surface area contributed by atoms with Crippen LogP contribution in [0.3, 0.4) is 0 Å². The second kappa shape index (κ2) is 2.43. The van der Waals surface area contributed by atoms with Gasteiger partial charge >= 0.3 is 0 Å². The number of hydrogen-bond acceptors (Lipinski definition) is 4. The van der Waals surface area contributed by atoms with E-state index in [2.05, 4.69) is 24.8 Å². The SMILES string of the molecule is POn1nnc2cccnc21. The van der Waals surface area contributed by atoms with Gasteiger partial charge in [0.1, 0.15) is 5.52 Å². The molecule has 0 spiro atoms. The maximum absolute atomic E-state index is 4.76. The van der Waals surface area contributed by atoms with Crippen molar-refractivity contribution in [2.45, 2.75) is 0 Å². The molecule has 2 rings (SSSR count). The summed E-state index contributed by atoms with van der Waals surface area (Å²) in [6.45, 7) is 0. The monoisotopic (exact) mass is 168 g/mol. The molecule has 0 bridgehead atoms. The molecule has 1 atom stereocenters. The van der Waals surface area contributed by atoms with E-state index in [0.29, 0.717) is 5.65 Å². The van der Waals surface area contributed by atoms with Crippen LogP contribution < -0.4 is 4.62 Å². The Morgan fingerprint density at radius 3 is 3.27 bits per heavy atom. The fraction of sp³-hybridized carbons (Fsp3) is 0. The first-order valence-electron chi connectivity index (χ1n) is 2.95. The van der Waals surface area contributed by atoms with Crippen LogP contribution in [0.5, 0.6) is 0 Å². The summed E-state index contributed by atoms with van der Waals surface area (Å²) in [4.78, 5) is 5.25. The molecule has 2 aromatic rings. The third kappa shape index (κ3) is 0.935. The Bertz CT molecular complexity index is 373. The number of fused-ring (bicyclic) bond motifs is 1. The Hall–Kier alpha value is -1.22. The van der Waals surface area contributed by atoms with Crippen LogP contribution in [0.25, 0.3) is 11.2 Å². The van der Waals surface area contributed by atoms with Crippen molar-refractivity contribution >= 4 is 20.6 Å². The van der Waals surface area contributed by atoms with Gasteiger partial charge in [-0.25, -0.2) is 4.98 Å². The summed E-state index contributed by atoms with van der Waals surface area (Å²) in [5.74, 6) is 0. The summed E-state index contributed by atoms with van der Waals surface area (Å²) in [6.07, 6.45) is 1.66. The van der Waals surface area contributed by atoms with Crippen molar-refractivity contribution in [2.75, 3.05) is 0 Å². The molecule has 0 aliphatic carbocycles. The summed E-state index contributed by atoms with van der Waals surface area (Å²) < 4.78 is 4.76. The maximum Gasteiger partial charge on any atom is 0.219 e. The van der Waals surface area contributed by atoms with Gasteiger partial charge < -0.3 is 4.62 Å². The number of aromatic nitrogens is 4. The zero-order valence-electron chi connectivity index (χ0n) is 5.51. The third-order valence-electron chi connectivity index (χ3n) is 1.28. The average molecular weight is 168 g/mol. The average Bonchev–Trinajstić information content (AvgIpc) is 2.47. The minimum Gasteiger partial charge on any atom is -0.381 e. The topological polar surface area (TPSA) is 52.8 Å². The minimum absolute atomic E-state index is 0.613. The van der Waals surface area contributed by atoms with E-state index >= 15 is 0 Å². The van der Waals surface area contributed by atoms with E-state index in [-0.39, 0.29) is 0 Å². The highest BCUT2D eigenvalue weighted by Crippen LogP contribution is 2.04. The van der Waals surface area contributed by atoms with Gasteiger partial charge in [0.05, 0.1) is 9.47 Å². The molecule has 6 heteroatoms. The van der Waals surface area contributed by atoms with Crippen molar-refractivity contribution < 1.29 is 4.62 Å². The summed E-state index contributed by atoms with van der Waals surface area (Å²) >= 11 is 0. The first kappa shape index (κ1) is 6.49. The van der Waals surface area contributed by atoms with Gasteiger partial charge in [0.25, 0.3) is 0 Å². The first-order valence-corrected chi connectivity index (χ1v) is 3.42. The molecule has 5 nitrogen and oxygen atoms in total. The van der Waals surface area contributed by atoms with Crippen molar-refractivity contribution in [1.29, 1.82) is 0 Å². The van der Waals surface area contributed by atoms with Crippen LogP contribution in [0.2, 0.25) is 0 Å². The lowest BCUT2D eigenvalue weighted by Crippen LogP contribution is -2.02. The molecular formula is C5H5N4OP. The molecule has 0 aliphatic heterocycles. The van der Waals surface area contributed by atoms with Gasteiger partial charge in [-0.1, -0.05) is 4.85 Å². The molecule has 0 radical (unpaired) electrons. The lowest BCUT2D eigenvalue weighted by atomic mass is 10.4. The third-order valence-corrected chi connectivity index (χ3v) is 1.48. The van der Waals surface area contributed by atoms with E-state index in [9.17, 15) is 0 Å². The van der Waals surface area contributed by atoms with Crippen molar-refractivity contribution in [3.8, 4) is 0 Å². The van der Waals surface area contributed by atoms with Crippen LogP contribution in [0.15, 0.2) is 18.3 Å². The molecule has 0 N–H and O–H groups in total. The summed E-state index contributed by atoms with van der Waals surface area (Å²) in [6, 6.07) is 3.61. The summed E-state index contributed by atoms with van der Waals surface area (Å²) in [7, 11) is 2.08. The van der Waals surface area contributed by atoms with Gasteiger partial charge in [-0.2, -0.15) is 0 Å². The van der Waals surface area contributed by atoms with E-state index in [4.69, 9.17) is 4.62 Å². The van der Waals surface area contributed by atoms with E-state index in [1.165, 1.54) is 4.85 Å². The Morgan fingerprint density at radius 1 is 1.55 bits per heavy atom. The van der Waals surface area contributed by atoms with Gasteiger partial charge in [0, 0.05) is 6.20 Å². The predicted octanol–water partition coefficient (Wildman–Crippen LogP) is 0.0450. The van der Waals surface area contributed by atoms with Gasteiger partial charge in [-0.15, -0.1) is 5.10 Å². The minimum atomic E-state index is 0.613. The second-order valence-electron chi connectivity index (χ2n) is 1.91. The van der Waals surface area contributed by atoms with Gasteiger partial charge in [0.2, 0.25) is 5.65 Å². The highest BCUT2D eigenvalue weighted by Gasteiger charge is 2.02. The van der Waals surface area contributed by atoms with E-state index in [1.54, 1.807) is 12.3 Å². The van der Waals surface area contributed by atoms with Crippen molar-refractivity contribution in [1.82, 2.24) is 20.1 Å². The molecule has 1 unspecified atom stereocenters. The fourth-order valence-corrected chi connectivity index (χ4v) is 0.958. The Kier molecular flexibility index (Phi) is 1.43. The highest BCUT2D eigenvalue weighted by atomic mass is 31.0. The molecule has 0 aliphatic rings. The molecular weight excluding hydrogens is 163 g/mol. The zero-order chi connectivity index (χ0) is 7.68. The molecule has 11 heavy (non-hydrogen) atoms. The molecule has 0 fully saturated rings. The van der Waals surface area contributed by atoms with Crippen LogP contribution in [0, 0.1) is 0 Å². The Balaban J connectivity index is 2.76. The quantitative estimate of drug-likeness (QED) is 0.564. The molecule has 2 heterocycles. The van der Waals surface area contributed by atoms with Crippen LogP contribution in [-0.2, 0) is 0 Å². The molecule has 56 valence electrons. The second-order valence-corrected chi connectivity index (χ2v) is 2.12. The zero-order valence-corrected chi connectivity index (χ0v) is 6.66. The smallest absolute Gasteiger partial charge is 0.219 e. The van der Waals surface area contributed by atoms with Crippen molar-refractivity contribution in [3.63, 3.8) is 0 Å². The Labute approximate surface area is 64.6 Å². The van der Waals surface area contributed by atoms with E-state index < -0.39 is 0 Å². The maximum atomic E-state index is 4.76. The number of pyridine rings is 1. The number of rotatable bonds is 1. The predicted molar refractivity (Wildman–Crippen MR) is 41.6 cm³/mol. The summed E-state index contributed by atoms with van der Waals surface area (Å²) in [5, 5.41) is 7.48. The van der Waals surface area contributed by atoms with Crippen LogP contribution in [-0.4, -0.2) is 20.1 Å². The van der Waals surface area contributed by atoms with Crippen molar-refractivity contribution in [3.05, 3.63) is 18.3 Å². The largest absolute Gasteiger partial charge is 0.381 e. The van der Waals surface area contributed by atoms with Gasteiger partial charge in [0.15, 0.2) is 0 Å². The van der Waals surface area contributed by atoms with Crippen molar-refractivity contribution in [2.24, 2.45) is 0 Å². The molecule has 0 saturated heterocycles. The van der Waals surface area contributed by atoms with Gasteiger partial charge in [-0.05, 0) is 17.3 Å².